The molecule has 0 amide bonds. The van der Waals surface area contributed by atoms with Gasteiger partial charge in [-0.25, -0.2) is 0 Å². The van der Waals surface area contributed by atoms with Crippen LogP contribution in [-0.2, 0) is 6.61 Å². The first kappa shape index (κ1) is 10.5. The molecule has 0 unspecified atom stereocenters. The summed E-state index contributed by atoms with van der Waals surface area (Å²) in [5.41, 5.74) is 7.71. The second-order valence-electron chi connectivity index (χ2n) is 3.57. The zero-order valence-corrected chi connectivity index (χ0v) is 9.23. The molecule has 0 aliphatic carbocycles. The van der Waals surface area contributed by atoms with Crippen molar-refractivity contribution >= 4 is 6.01 Å². The summed E-state index contributed by atoms with van der Waals surface area (Å²) in [7, 11) is 0. The zero-order valence-electron chi connectivity index (χ0n) is 9.23. The summed E-state index contributed by atoms with van der Waals surface area (Å²) in [4.78, 5) is 0. The van der Waals surface area contributed by atoms with E-state index < -0.39 is 0 Å². The molecule has 2 N–H and O–H groups in total. The van der Waals surface area contributed by atoms with Gasteiger partial charge in [0, 0.05) is 0 Å². The smallest absolute Gasteiger partial charge is 0.312 e. The highest BCUT2D eigenvalue weighted by Gasteiger charge is 2.04. The van der Waals surface area contributed by atoms with Crippen LogP contribution in [0, 0.1) is 13.8 Å². The van der Waals surface area contributed by atoms with Gasteiger partial charge in [0.25, 0.3) is 5.89 Å². The fraction of sp³-hybridized carbons (Fsp3) is 0.273. The van der Waals surface area contributed by atoms with Gasteiger partial charge < -0.3 is 14.9 Å². The predicted molar refractivity (Wildman–Crippen MR) is 59.0 cm³/mol. The molecule has 1 heterocycles. The van der Waals surface area contributed by atoms with E-state index >= 15 is 0 Å². The number of hydrogen-bond acceptors (Lipinski definition) is 5. The van der Waals surface area contributed by atoms with Gasteiger partial charge in [-0.05, 0) is 37.1 Å². The number of aromatic nitrogens is 2. The first-order valence-electron chi connectivity index (χ1n) is 4.93. The summed E-state index contributed by atoms with van der Waals surface area (Å²) in [5, 5.41) is 7.25. The highest BCUT2D eigenvalue weighted by Crippen LogP contribution is 2.17. The first-order chi connectivity index (χ1) is 7.65. The first-order valence-corrected chi connectivity index (χ1v) is 4.93. The lowest BCUT2D eigenvalue weighted by Crippen LogP contribution is -1.96. The van der Waals surface area contributed by atoms with E-state index in [4.69, 9.17) is 14.9 Å². The van der Waals surface area contributed by atoms with Gasteiger partial charge in [0.1, 0.15) is 5.75 Å². The molecule has 1 aromatic carbocycles. The number of nitrogens with zero attached hydrogens (tertiary/aromatic N) is 2. The second kappa shape index (κ2) is 4.22. The van der Waals surface area contributed by atoms with Crippen LogP contribution in [-0.4, -0.2) is 10.2 Å². The van der Waals surface area contributed by atoms with Crippen molar-refractivity contribution in [3.63, 3.8) is 0 Å². The molecule has 0 saturated carbocycles. The topological polar surface area (TPSA) is 74.2 Å². The molecule has 0 fully saturated rings. The van der Waals surface area contributed by atoms with Crippen LogP contribution in [0.5, 0.6) is 5.75 Å². The molecular formula is C11H13N3O2. The maximum absolute atomic E-state index is 5.49. The van der Waals surface area contributed by atoms with E-state index in [9.17, 15) is 0 Å². The minimum atomic E-state index is 0.0543. The molecule has 84 valence electrons. The largest absolute Gasteiger partial charge is 0.484 e. The molecule has 0 bridgehead atoms. The number of anilines is 1. The molecular weight excluding hydrogens is 206 g/mol. The molecule has 2 aromatic rings. The van der Waals surface area contributed by atoms with E-state index in [0.717, 1.165) is 5.75 Å². The summed E-state index contributed by atoms with van der Waals surface area (Å²) < 4.78 is 10.5. The Balaban J connectivity index is 2.02. The van der Waals surface area contributed by atoms with Gasteiger partial charge in [0.2, 0.25) is 0 Å². The molecule has 5 heteroatoms. The monoisotopic (exact) mass is 219 g/mol. The van der Waals surface area contributed by atoms with Crippen molar-refractivity contribution in [3.8, 4) is 5.75 Å². The summed E-state index contributed by atoms with van der Waals surface area (Å²) in [6.45, 7) is 4.32. The fourth-order valence-corrected chi connectivity index (χ4v) is 1.27. The Bertz CT molecular complexity index is 494. The van der Waals surface area contributed by atoms with Gasteiger partial charge in [-0.1, -0.05) is 11.2 Å². The lowest BCUT2D eigenvalue weighted by molar-refractivity contribution is 0.265. The van der Waals surface area contributed by atoms with Crippen LogP contribution in [0.2, 0.25) is 0 Å². The lowest BCUT2D eigenvalue weighted by Gasteiger charge is -2.05. The van der Waals surface area contributed by atoms with Crippen LogP contribution in [0.4, 0.5) is 6.01 Å². The maximum atomic E-state index is 5.49. The quantitative estimate of drug-likeness (QED) is 0.852. The highest BCUT2D eigenvalue weighted by atomic mass is 16.5. The zero-order chi connectivity index (χ0) is 11.5. The standard InChI is InChI=1S/C11H13N3O2/c1-7-3-4-9(5-8(7)2)15-6-10-13-14-11(12)16-10/h3-5H,6H2,1-2H3,(H2,12,14). The Morgan fingerprint density at radius 3 is 2.69 bits per heavy atom. The van der Waals surface area contributed by atoms with Crippen molar-refractivity contribution in [1.29, 1.82) is 0 Å². The van der Waals surface area contributed by atoms with Crippen molar-refractivity contribution < 1.29 is 9.15 Å². The number of ether oxygens (including phenoxy) is 1. The molecule has 0 spiro atoms. The molecule has 5 nitrogen and oxygen atoms in total. The highest BCUT2D eigenvalue weighted by molar-refractivity contribution is 5.33. The van der Waals surface area contributed by atoms with Crippen LogP contribution in [0.25, 0.3) is 0 Å². The minimum absolute atomic E-state index is 0.0543. The number of aryl methyl sites for hydroxylation is 2. The Labute approximate surface area is 93.2 Å². The minimum Gasteiger partial charge on any atom is -0.484 e. The third-order valence-electron chi connectivity index (χ3n) is 2.32. The average molecular weight is 219 g/mol. The van der Waals surface area contributed by atoms with Gasteiger partial charge in [-0.2, -0.15) is 0 Å². The van der Waals surface area contributed by atoms with Crippen LogP contribution < -0.4 is 10.5 Å². The molecule has 0 atom stereocenters. The van der Waals surface area contributed by atoms with Gasteiger partial charge in [0.15, 0.2) is 6.61 Å². The number of benzene rings is 1. The molecule has 0 radical (unpaired) electrons. The Morgan fingerprint density at radius 2 is 2.06 bits per heavy atom. The normalized spacial score (nSPS) is 10.4. The molecule has 16 heavy (non-hydrogen) atoms. The van der Waals surface area contributed by atoms with Gasteiger partial charge in [-0.15, -0.1) is 5.10 Å². The molecule has 0 aliphatic rings. The van der Waals surface area contributed by atoms with E-state index in [1.54, 1.807) is 0 Å². The maximum Gasteiger partial charge on any atom is 0.312 e. The van der Waals surface area contributed by atoms with E-state index in [1.807, 2.05) is 25.1 Å². The van der Waals surface area contributed by atoms with E-state index in [0.29, 0.717) is 5.89 Å². The van der Waals surface area contributed by atoms with E-state index in [-0.39, 0.29) is 12.6 Å². The predicted octanol–water partition coefficient (Wildman–Crippen LogP) is 1.85. The van der Waals surface area contributed by atoms with Crippen molar-refractivity contribution in [2.24, 2.45) is 0 Å². The van der Waals surface area contributed by atoms with Gasteiger partial charge in [0.05, 0.1) is 0 Å². The Hall–Kier alpha value is -2.04. The number of rotatable bonds is 3. The van der Waals surface area contributed by atoms with Crippen molar-refractivity contribution in [3.05, 3.63) is 35.2 Å². The molecule has 1 aromatic heterocycles. The summed E-state index contributed by atoms with van der Waals surface area (Å²) in [6.07, 6.45) is 0. The van der Waals surface area contributed by atoms with Crippen LogP contribution >= 0.6 is 0 Å². The Morgan fingerprint density at radius 1 is 1.25 bits per heavy atom. The summed E-state index contributed by atoms with van der Waals surface area (Å²) in [6, 6.07) is 5.93. The third-order valence-corrected chi connectivity index (χ3v) is 2.32. The fourth-order valence-electron chi connectivity index (χ4n) is 1.27. The van der Waals surface area contributed by atoms with Crippen LogP contribution in [0.3, 0.4) is 0 Å². The van der Waals surface area contributed by atoms with Crippen molar-refractivity contribution in [2.45, 2.75) is 20.5 Å². The van der Waals surface area contributed by atoms with Crippen molar-refractivity contribution in [1.82, 2.24) is 10.2 Å². The van der Waals surface area contributed by atoms with Crippen molar-refractivity contribution in [2.75, 3.05) is 5.73 Å². The number of nitrogens with two attached hydrogens (primary N) is 1. The Kier molecular flexibility index (Phi) is 2.76. The second-order valence-corrected chi connectivity index (χ2v) is 3.57. The molecule has 2 rings (SSSR count). The summed E-state index contributed by atoms with van der Waals surface area (Å²) >= 11 is 0. The summed E-state index contributed by atoms with van der Waals surface area (Å²) in [5.74, 6) is 1.15. The van der Waals surface area contributed by atoms with E-state index in [2.05, 4.69) is 17.1 Å². The van der Waals surface area contributed by atoms with E-state index in [1.165, 1.54) is 11.1 Å². The number of nitrogen functional groups attached to an aromatic ring is 1. The lowest BCUT2D eigenvalue weighted by atomic mass is 10.1. The van der Waals surface area contributed by atoms with Crippen LogP contribution in [0.1, 0.15) is 17.0 Å². The SMILES string of the molecule is Cc1ccc(OCc2nnc(N)o2)cc1C. The third kappa shape index (κ3) is 2.31. The van der Waals surface area contributed by atoms with Gasteiger partial charge in [-0.3, -0.25) is 0 Å². The number of hydrogen-bond donors (Lipinski definition) is 1. The average Bonchev–Trinajstić information content (AvgIpc) is 2.66. The van der Waals surface area contributed by atoms with Gasteiger partial charge >= 0.3 is 6.01 Å². The molecule has 0 saturated heterocycles. The molecule has 0 aliphatic heterocycles. The van der Waals surface area contributed by atoms with Crippen LogP contribution in [0.15, 0.2) is 22.6 Å².